The molecule has 198 valence electrons. The van der Waals surface area contributed by atoms with Crippen LogP contribution < -0.4 is 14.6 Å². The van der Waals surface area contributed by atoms with Crippen molar-refractivity contribution >= 4 is 23.3 Å². The molecule has 5 heteroatoms. The molecular weight excluding hydrogens is 480 g/mol. The number of hydrazone groups is 1. The fraction of sp³-hybridized carbons (Fsp3) is 0.235. The van der Waals surface area contributed by atoms with Crippen LogP contribution in [0.15, 0.2) is 114 Å². The summed E-state index contributed by atoms with van der Waals surface area (Å²) in [6, 6.07) is 33.7. The molecule has 0 radical (unpaired) electrons. The molecule has 2 unspecified atom stereocenters. The average Bonchev–Trinajstić information content (AvgIpc) is 3.36. The largest absolute Gasteiger partial charge is 0.497 e. The van der Waals surface area contributed by atoms with E-state index in [9.17, 15) is 0 Å². The number of methoxy groups -OCH3 is 1. The third kappa shape index (κ3) is 6.04. The van der Waals surface area contributed by atoms with E-state index in [-0.39, 0.29) is 12.0 Å². The summed E-state index contributed by atoms with van der Waals surface area (Å²) < 4.78 is 5.44. The Morgan fingerprint density at radius 3 is 2.18 bits per heavy atom. The number of ether oxygens (including phenoxy) is 1. The Kier molecular flexibility index (Phi) is 8.37. The Balaban J connectivity index is 1.53. The minimum atomic E-state index is -0.00398. The average molecular weight is 517 g/mol. The van der Waals surface area contributed by atoms with Gasteiger partial charge >= 0.3 is 0 Å². The molecule has 1 aromatic heterocycles. The number of hydrogen-bond donors (Lipinski definition) is 0. The number of aromatic nitrogens is 1. The predicted molar refractivity (Wildman–Crippen MR) is 163 cm³/mol. The van der Waals surface area contributed by atoms with Gasteiger partial charge in [-0.2, -0.15) is 5.10 Å². The summed E-state index contributed by atoms with van der Waals surface area (Å²) in [6.07, 6.45) is 7.05. The van der Waals surface area contributed by atoms with Crippen molar-refractivity contribution in [1.29, 1.82) is 0 Å². The number of hydrogen-bond acceptors (Lipinski definition) is 5. The molecule has 2 heterocycles. The summed E-state index contributed by atoms with van der Waals surface area (Å²) in [5, 5.41) is 7.27. The van der Waals surface area contributed by atoms with Crippen LogP contribution in [0, 0.1) is 5.92 Å². The fourth-order valence-electron chi connectivity index (χ4n) is 5.26. The summed E-state index contributed by atoms with van der Waals surface area (Å²) >= 11 is 0. The topological polar surface area (TPSA) is 41.0 Å². The van der Waals surface area contributed by atoms with Crippen LogP contribution in [-0.2, 0) is 6.42 Å². The smallest absolute Gasteiger partial charge is 0.149 e. The number of rotatable bonds is 10. The van der Waals surface area contributed by atoms with Crippen LogP contribution in [0.1, 0.15) is 36.6 Å². The zero-order chi connectivity index (χ0) is 27.0. The molecule has 4 aromatic rings. The van der Waals surface area contributed by atoms with E-state index < -0.39 is 0 Å². The molecule has 39 heavy (non-hydrogen) atoms. The van der Waals surface area contributed by atoms with Crippen molar-refractivity contribution in [3.8, 4) is 5.75 Å². The molecule has 0 aliphatic carbocycles. The van der Waals surface area contributed by atoms with Crippen LogP contribution in [0.25, 0.3) is 6.08 Å². The highest BCUT2D eigenvalue weighted by molar-refractivity contribution is 6.03. The molecule has 0 amide bonds. The maximum absolute atomic E-state index is 5.44. The first-order chi connectivity index (χ1) is 19.2. The third-order valence-electron chi connectivity index (χ3n) is 7.36. The van der Waals surface area contributed by atoms with Crippen LogP contribution in [0.3, 0.4) is 0 Å². The number of benzene rings is 3. The molecule has 5 rings (SSSR count). The lowest BCUT2D eigenvalue weighted by atomic mass is 9.84. The Labute approximate surface area is 232 Å². The van der Waals surface area contributed by atoms with Gasteiger partial charge in [0, 0.05) is 30.9 Å². The van der Waals surface area contributed by atoms with Gasteiger partial charge < -0.3 is 9.64 Å². The maximum atomic E-state index is 5.44. The molecule has 0 fully saturated rings. The lowest BCUT2D eigenvalue weighted by molar-refractivity contribution is 0.414. The van der Waals surface area contributed by atoms with Crippen molar-refractivity contribution in [1.82, 2.24) is 4.98 Å². The van der Waals surface area contributed by atoms with Crippen LogP contribution in [0.5, 0.6) is 5.75 Å². The van der Waals surface area contributed by atoms with Crippen molar-refractivity contribution in [3.05, 3.63) is 126 Å². The van der Waals surface area contributed by atoms with E-state index >= 15 is 0 Å². The molecule has 3 aromatic carbocycles. The molecule has 2 atom stereocenters. The number of allylic oxidation sites excluding steroid dienone is 1. The Morgan fingerprint density at radius 1 is 0.821 bits per heavy atom. The van der Waals surface area contributed by atoms with Gasteiger partial charge in [-0.15, -0.1) is 0 Å². The van der Waals surface area contributed by atoms with Gasteiger partial charge in [0.1, 0.15) is 11.6 Å². The monoisotopic (exact) mass is 516 g/mol. The van der Waals surface area contributed by atoms with Gasteiger partial charge in [0.15, 0.2) is 0 Å². The van der Waals surface area contributed by atoms with Gasteiger partial charge in [-0.25, -0.2) is 9.99 Å². The van der Waals surface area contributed by atoms with Crippen molar-refractivity contribution < 1.29 is 4.74 Å². The summed E-state index contributed by atoms with van der Waals surface area (Å²) in [4.78, 5) is 7.03. The van der Waals surface area contributed by atoms with Crippen molar-refractivity contribution in [2.45, 2.75) is 26.3 Å². The molecule has 0 saturated carbocycles. The van der Waals surface area contributed by atoms with Crippen LogP contribution >= 0.6 is 0 Å². The predicted octanol–water partition coefficient (Wildman–Crippen LogP) is 7.43. The van der Waals surface area contributed by atoms with Crippen LogP contribution in [-0.4, -0.2) is 30.9 Å². The number of pyridine rings is 1. The summed E-state index contributed by atoms with van der Waals surface area (Å²) in [5.74, 6) is 1.81. The maximum Gasteiger partial charge on any atom is 0.149 e. The van der Waals surface area contributed by atoms with Crippen LogP contribution in [0.4, 0.5) is 11.5 Å². The van der Waals surface area contributed by atoms with Gasteiger partial charge in [0.25, 0.3) is 0 Å². The van der Waals surface area contributed by atoms with Crippen molar-refractivity contribution in [2.75, 3.05) is 30.1 Å². The molecule has 5 nitrogen and oxygen atoms in total. The molecule has 0 spiro atoms. The van der Waals surface area contributed by atoms with Gasteiger partial charge in [0.05, 0.1) is 18.9 Å². The zero-order valence-electron chi connectivity index (χ0n) is 22.9. The first kappa shape index (κ1) is 26.2. The summed E-state index contributed by atoms with van der Waals surface area (Å²) in [6.45, 7) is 6.38. The van der Waals surface area contributed by atoms with E-state index in [1.807, 2.05) is 36.5 Å². The van der Waals surface area contributed by atoms with Crippen molar-refractivity contribution in [3.63, 3.8) is 0 Å². The van der Waals surface area contributed by atoms with E-state index in [1.165, 1.54) is 16.8 Å². The minimum absolute atomic E-state index is 0.00398. The molecule has 1 aliphatic rings. The van der Waals surface area contributed by atoms with E-state index in [0.29, 0.717) is 0 Å². The molecule has 0 N–H and O–H groups in total. The van der Waals surface area contributed by atoms with Gasteiger partial charge in [0.2, 0.25) is 0 Å². The Morgan fingerprint density at radius 2 is 1.54 bits per heavy atom. The third-order valence-corrected chi connectivity index (χ3v) is 7.36. The van der Waals surface area contributed by atoms with E-state index in [0.717, 1.165) is 42.4 Å². The lowest BCUT2D eigenvalue weighted by Gasteiger charge is -2.28. The fourth-order valence-corrected chi connectivity index (χ4v) is 5.26. The van der Waals surface area contributed by atoms with E-state index in [1.54, 1.807) is 7.11 Å². The zero-order valence-corrected chi connectivity index (χ0v) is 22.9. The van der Waals surface area contributed by atoms with E-state index in [2.05, 4.69) is 108 Å². The second kappa shape index (κ2) is 12.4. The molecule has 0 saturated heterocycles. The van der Waals surface area contributed by atoms with Crippen molar-refractivity contribution in [2.24, 2.45) is 11.0 Å². The Bertz CT molecular complexity index is 1380. The molecule has 1 aliphatic heterocycles. The highest BCUT2D eigenvalue weighted by Crippen LogP contribution is 2.41. The normalized spacial score (nSPS) is 16.9. The quantitative estimate of drug-likeness (QED) is 0.220. The highest BCUT2D eigenvalue weighted by Gasteiger charge is 2.38. The highest BCUT2D eigenvalue weighted by atomic mass is 16.5. The SMILES string of the molecule is CCN(CC)c1ccc(C=CC2=NN(c3ccccn3)C(c3ccc(OC)cc3)C2Cc2ccccc2)cc1. The number of anilines is 2. The van der Waals surface area contributed by atoms with Gasteiger partial charge in [-0.1, -0.05) is 66.7 Å². The first-order valence-corrected chi connectivity index (χ1v) is 13.7. The minimum Gasteiger partial charge on any atom is -0.497 e. The molecule has 0 bridgehead atoms. The lowest BCUT2D eigenvalue weighted by Crippen LogP contribution is -2.27. The van der Waals surface area contributed by atoms with Gasteiger partial charge in [-0.3, -0.25) is 0 Å². The standard InChI is InChI=1S/C34H36N4O/c1-4-37(5-2)29-19-14-26(15-20-29)16-23-32-31(25-27-11-7-6-8-12-27)34(28-17-21-30(39-3)22-18-28)38(36-32)33-13-9-10-24-35-33/h6-24,31,34H,4-5,25H2,1-3H3. The Hall–Kier alpha value is -4.38. The first-order valence-electron chi connectivity index (χ1n) is 13.7. The summed E-state index contributed by atoms with van der Waals surface area (Å²) in [5.41, 5.74) is 5.91. The summed E-state index contributed by atoms with van der Waals surface area (Å²) in [7, 11) is 1.70. The second-order valence-corrected chi connectivity index (χ2v) is 9.67. The van der Waals surface area contributed by atoms with Crippen LogP contribution in [0.2, 0.25) is 0 Å². The molecular formula is C34H36N4O. The number of nitrogens with zero attached hydrogens (tertiary/aromatic N) is 4. The van der Waals surface area contributed by atoms with Gasteiger partial charge in [-0.05, 0) is 79.4 Å². The second-order valence-electron chi connectivity index (χ2n) is 9.67. The van der Waals surface area contributed by atoms with E-state index in [4.69, 9.17) is 9.84 Å².